The van der Waals surface area contributed by atoms with Crippen molar-refractivity contribution in [3.8, 4) is 0 Å². The molecule has 299 valence electrons. The Kier molecular flexibility index (Phi) is 279. The van der Waals surface area contributed by atoms with Crippen LogP contribution in [0.3, 0.4) is 0 Å². The second-order valence-electron chi connectivity index (χ2n) is 5.82. The van der Waals surface area contributed by atoms with Crippen LogP contribution in [0.2, 0.25) is 13.6 Å². The van der Waals surface area contributed by atoms with E-state index >= 15 is 0 Å². The van der Waals surface area contributed by atoms with Gasteiger partial charge in [-0.05, 0) is 40.5 Å². The van der Waals surface area contributed by atoms with Crippen LogP contribution in [0.15, 0.2) is 12.2 Å². The fraction of sp³-hybridized carbons (Fsp3) is 0.909. The van der Waals surface area contributed by atoms with Gasteiger partial charge in [0.05, 0.1) is 26.1 Å². The summed E-state index contributed by atoms with van der Waals surface area (Å²) in [5, 5.41) is 8.15. The number of aliphatic hydroxyl groups is 1. The number of alkyl halides is 6. The Bertz CT molecular complexity index is 380. The predicted molar refractivity (Wildman–Crippen MR) is 203 cm³/mol. The molecule has 0 heterocycles. The smallest absolute Gasteiger partial charge is 0.416 e. The molecule has 0 aliphatic heterocycles. The van der Waals surface area contributed by atoms with Crippen LogP contribution in [-0.4, -0.2) is 70.9 Å². The Morgan fingerprint density at radius 2 is 0.978 bits per heavy atom. The summed E-state index contributed by atoms with van der Waals surface area (Å²) < 4.78 is 76.0. The van der Waals surface area contributed by atoms with Crippen molar-refractivity contribution in [3.63, 3.8) is 0 Å². The molecule has 0 fully saturated rings. The van der Waals surface area contributed by atoms with E-state index in [9.17, 15) is 31.1 Å². The second kappa shape index (κ2) is 104. The monoisotopic (exact) mass is 694 g/mol. The van der Waals surface area contributed by atoms with E-state index in [0.29, 0.717) is 12.8 Å². The van der Waals surface area contributed by atoms with Crippen LogP contribution in [0.5, 0.6) is 0 Å². The van der Waals surface area contributed by atoms with Crippen LogP contribution in [0.4, 0.5) is 26.3 Å². The Morgan fingerprint density at radius 1 is 0.756 bits per heavy atom. The molecule has 45 heavy (non-hydrogen) atoms. The van der Waals surface area contributed by atoms with Crippen molar-refractivity contribution >= 4 is 13.2 Å². The Morgan fingerprint density at radius 3 is 1.11 bits per heavy atom. The molecule has 12 heteroatoms. The zero-order valence-corrected chi connectivity index (χ0v) is 21.5. The first-order valence-corrected chi connectivity index (χ1v) is 10.2. The molecule has 1 N–H and O–H groups in total. The molecule has 0 bridgehead atoms. The SMILES string of the molecule is C.C.C.C.C.C.C.C.C.C.C.C.C=C(C)C(=O)OCOC(C)CC.CCC(C)OCO.CCF.CF.C[B]C.FCC(F)(F)F. The number of esters is 1. The number of aliphatic hydroxyl groups excluding tert-OH is 1. The van der Waals surface area contributed by atoms with Gasteiger partial charge in [0.1, 0.15) is 14.1 Å². The van der Waals surface area contributed by atoms with Gasteiger partial charge in [0.15, 0.2) is 13.5 Å². The number of carbonyl (C=O) groups excluding carboxylic acids is 1. The van der Waals surface area contributed by atoms with Crippen molar-refractivity contribution in [1.29, 1.82) is 0 Å². The summed E-state index contributed by atoms with van der Waals surface area (Å²) in [6.45, 7) is 15.8. The van der Waals surface area contributed by atoms with Crippen LogP contribution in [0, 0.1) is 0 Å². The minimum Gasteiger partial charge on any atom is -0.435 e. The largest absolute Gasteiger partial charge is 0.435 e. The summed E-state index contributed by atoms with van der Waals surface area (Å²) in [4.78, 5) is 10.8. The van der Waals surface area contributed by atoms with E-state index < -0.39 is 18.8 Å². The van der Waals surface area contributed by atoms with Crippen LogP contribution in [-0.2, 0) is 19.0 Å². The molecule has 1 radical (unpaired) electrons. The molecule has 0 aromatic heterocycles. The number of halogens is 6. The second-order valence-corrected chi connectivity index (χ2v) is 5.82. The molecule has 0 saturated carbocycles. The summed E-state index contributed by atoms with van der Waals surface area (Å²) in [7, 11) is 2.50. The molecule has 0 aromatic rings. The van der Waals surface area contributed by atoms with E-state index in [0.717, 1.165) is 12.8 Å². The van der Waals surface area contributed by atoms with Crippen molar-refractivity contribution in [3.05, 3.63) is 12.2 Å². The molecule has 0 amide bonds. The molecule has 0 aliphatic rings. The number of carbonyl (C=O) groups is 1. The van der Waals surface area contributed by atoms with Gasteiger partial charge in [0, 0.05) is 5.57 Å². The molecule has 0 aliphatic carbocycles. The van der Waals surface area contributed by atoms with Crippen molar-refractivity contribution in [1.82, 2.24) is 0 Å². The van der Waals surface area contributed by atoms with Crippen LogP contribution < -0.4 is 0 Å². The van der Waals surface area contributed by atoms with E-state index in [4.69, 9.17) is 19.3 Å². The summed E-state index contributed by atoms with van der Waals surface area (Å²) in [6.07, 6.45) is -2.43. The molecule has 2 unspecified atom stereocenters. The third kappa shape index (κ3) is 202. The van der Waals surface area contributed by atoms with Crippen molar-refractivity contribution in [2.24, 2.45) is 0 Å². The maximum absolute atomic E-state index is 10.8. The Hall–Kier alpha value is -1.27. The van der Waals surface area contributed by atoms with E-state index in [2.05, 4.69) is 6.58 Å². The van der Waals surface area contributed by atoms with E-state index in [-0.39, 0.29) is 122 Å². The van der Waals surface area contributed by atoms with Gasteiger partial charge in [-0.15, -0.1) is 0 Å². The average Bonchev–Trinajstić information content (AvgIpc) is 2.76. The highest BCUT2D eigenvalue weighted by molar-refractivity contribution is 6.31. The highest BCUT2D eigenvalue weighted by Crippen LogP contribution is 2.13. The summed E-state index contributed by atoms with van der Waals surface area (Å²) in [6, 6.07) is 0. The van der Waals surface area contributed by atoms with Gasteiger partial charge in [0.2, 0.25) is 0 Å². The summed E-state index contributed by atoms with van der Waals surface area (Å²) >= 11 is 0. The van der Waals surface area contributed by atoms with E-state index in [1.807, 2.05) is 48.6 Å². The third-order valence-corrected chi connectivity index (χ3v) is 2.55. The van der Waals surface area contributed by atoms with Crippen LogP contribution in [0.1, 0.15) is 144 Å². The summed E-state index contributed by atoms with van der Waals surface area (Å²) in [5.41, 5.74) is 0.391. The minimum absolute atomic E-state index is 0. The molecular weight excluding hydrogens is 601 g/mol. The van der Waals surface area contributed by atoms with Crippen LogP contribution in [0.25, 0.3) is 0 Å². The lowest BCUT2D eigenvalue weighted by molar-refractivity contribution is -0.155. The number of hydrogen-bond donors (Lipinski definition) is 1. The first-order chi connectivity index (χ1) is 15.3. The minimum atomic E-state index is -4.62. The normalized spacial score (nSPS) is 7.91. The van der Waals surface area contributed by atoms with Gasteiger partial charge in [-0.25, -0.2) is 9.18 Å². The number of hydrogen-bond acceptors (Lipinski definition) is 5. The average molecular weight is 694 g/mol. The highest BCUT2D eigenvalue weighted by atomic mass is 19.4. The molecule has 0 aromatic carbocycles. The fourth-order valence-electron chi connectivity index (χ4n) is 0.690. The standard InChI is InChI=1S/C9H16O3.C5H12O2.C2H6B.C2H2F4.C2H5F.CH3F.12CH4/c1-5-8(4)11-6-12-9(10)7(2)3;1-3-5(2)7-4-6;1-3-2;3-1-2(4,5)6;1-2-3;1-2;;;;;;;;;;;;/h8H,2,5-6H2,1,3-4H3;5-6H,3-4H2,1-2H3;1-2H3;1H2;2H2,1H3;1H3;12*1H4. The maximum Gasteiger partial charge on any atom is 0.416 e. The van der Waals surface area contributed by atoms with Crippen molar-refractivity contribution < 1.29 is 50.5 Å². The molecular formula is C33H92BF6O5. The van der Waals surface area contributed by atoms with Gasteiger partial charge in [-0.3, -0.25) is 8.78 Å². The third-order valence-electron chi connectivity index (χ3n) is 2.55. The van der Waals surface area contributed by atoms with E-state index in [1.54, 1.807) is 6.92 Å². The van der Waals surface area contributed by atoms with Crippen molar-refractivity contribution in [2.75, 3.05) is 34.1 Å². The van der Waals surface area contributed by atoms with Gasteiger partial charge < -0.3 is 19.3 Å². The zero-order chi connectivity index (χ0) is 27.9. The number of ether oxygens (including phenoxy) is 3. The Balaban J connectivity index is -0.0000000125. The van der Waals surface area contributed by atoms with Crippen molar-refractivity contribution in [2.45, 2.75) is 176 Å². The fourth-order valence-corrected chi connectivity index (χ4v) is 0.690. The molecule has 0 rings (SSSR count). The summed E-state index contributed by atoms with van der Waals surface area (Å²) in [5.74, 6) is -0.404. The highest BCUT2D eigenvalue weighted by Gasteiger charge is 2.26. The zero-order valence-electron chi connectivity index (χ0n) is 21.5. The van der Waals surface area contributed by atoms with Gasteiger partial charge in [-0.1, -0.05) is 123 Å². The lowest BCUT2D eigenvalue weighted by Crippen LogP contribution is -2.13. The first kappa shape index (κ1) is 121. The number of rotatable bonds is 8. The molecule has 0 saturated heterocycles. The lowest BCUT2D eigenvalue weighted by Gasteiger charge is -2.10. The van der Waals surface area contributed by atoms with Crippen LogP contribution >= 0.6 is 0 Å². The van der Waals surface area contributed by atoms with Gasteiger partial charge in [-0.2, -0.15) is 13.2 Å². The molecule has 0 spiro atoms. The van der Waals surface area contributed by atoms with E-state index in [1.165, 1.54) is 6.92 Å². The van der Waals surface area contributed by atoms with Gasteiger partial charge in [0.25, 0.3) is 0 Å². The Labute approximate surface area is 285 Å². The maximum atomic E-state index is 10.8. The predicted octanol–water partition coefficient (Wildman–Crippen LogP) is 14.1. The molecule has 2 atom stereocenters. The quantitative estimate of drug-likeness (QED) is 0.0901. The molecule has 5 nitrogen and oxygen atoms in total. The first-order valence-electron chi connectivity index (χ1n) is 10.2. The lowest BCUT2D eigenvalue weighted by atomic mass is 9.88. The topological polar surface area (TPSA) is 65.0 Å². The van der Waals surface area contributed by atoms with Gasteiger partial charge >= 0.3 is 12.1 Å².